The van der Waals surface area contributed by atoms with Crippen LogP contribution in [0, 0.1) is 6.92 Å². The molecule has 0 bridgehead atoms. The van der Waals surface area contributed by atoms with Crippen LogP contribution >= 0.6 is 0 Å². The van der Waals surface area contributed by atoms with E-state index in [0.717, 1.165) is 11.3 Å². The maximum atomic E-state index is 12.1. The third kappa shape index (κ3) is 5.34. The molecule has 2 aromatic carbocycles. The molecule has 0 aromatic heterocycles. The van der Waals surface area contributed by atoms with Crippen molar-refractivity contribution in [3.8, 4) is 5.75 Å². The van der Waals surface area contributed by atoms with Gasteiger partial charge >= 0.3 is 0 Å². The third-order valence-electron chi connectivity index (χ3n) is 3.97. The third-order valence-corrected chi connectivity index (χ3v) is 3.97. The van der Waals surface area contributed by atoms with Crippen LogP contribution < -0.4 is 4.74 Å². The summed E-state index contributed by atoms with van der Waals surface area (Å²) in [4.78, 5) is 23.0. The molecule has 2 rings (SSSR count). The van der Waals surface area contributed by atoms with Crippen LogP contribution in [0.1, 0.15) is 60.7 Å². The van der Waals surface area contributed by atoms with Crippen molar-refractivity contribution in [2.24, 2.45) is 0 Å². The van der Waals surface area contributed by atoms with E-state index in [1.807, 2.05) is 19.1 Å². The second-order valence-electron chi connectivity index (χ2n) is 6.17. The lowest BCUT2D eigenvalue weighted by Gasteiger charge is -2.15. The number of rotatable bonds is 8. The Balaban J connectivity index is 1.92. The van der Waals surface area contributed by atoms with Gasteiger partial charge in [0.15, 0.2) is 5.78 Å². The van der Waals surface area contributed by atoms with E-state index in [4.69, 9.17) is 4.74 Å². The van der Waals surface area contributed by atoms with Crippen molar-refractivity contribution in [3.05, 3.63) is 65.2 Å². The van der Waals surface area contributed by atoms with Crippen LogP contribution in [0.2, 0.25) is 0 Å². The molecule has 0 aliphatic rings. The molecule has 0 N–H and O–H groups in total. The fourth-order valence-electron chi connectivity index (χ4n) is 2.47. The Kier molecular flexibility index (Phi) is 6.30. The molecule has 0 spiro atoms. The van der Waals surface area contributed by atoms with Crippen LogP contribution in [-0.2, 0) is 4.79 Å². The highest BCUT2D eigenvalue weighted by Gasteiger charge is 2.09. The molecular weight excluding hydrogens is 300 g/mol. The van der Waals surface area contributed by atoms with Gasteiger partial charge in [0.05, 0.1) is 0 Å². The van der Waals surface area contributed by atoms with Gasteiger partial charge in [-0.15, -0.1) is 0 Å². The van der Waals surface area contributed by atoms with Crippen molar-refractivity contribution < 1.29 is 14.3 Å². The molecule has 1 atom stereocenters. The fraction of sp³-hybridized carbons (Fsp3) is 0.333. The van der Waals surface area contributed by atoms with Crippen LogP contribution in [0.25, 0.3) is 0 Å². The lowest BCUT2D eigenvalue weighted by atomic mass is 10.0. The van der Waals surface area contributed by atoms with Crippen LogP contribution in [0.15, 0.2) is 48.5 Å². The van der Waals surface area contributed by atoms with Crippen molar-refractivity contribution >= 4 is 11.6 Å². The molecule has 0 heterocycles. The van der Waals surface area contributed by atoms with Gasteiger partial charge in [0, 0.05) is 18.4 Å². The summed E-state index contributed by atoms with van der Waals surface area (Å²) in [5.74, 6) is 0.925. The van der Waals surface area contributed by atoms with Crippen molar-refractivity contribution in [1.29, 1.82) is 0 Å². The molecule has 1 unspecified atom stereocenters. The van der Waals surface area contributed by atoms with Gasteiger partial charge in [-0.3, -0.25) is 4.79 Å². The SMILES string of the molecule is CC(=O)CCCC(=O)c1ccc(OC(C)c2ccc(C)cc2)cc1. The van der Waals surface area contributed by atoms with Crippen molar-refractivity contribution in [2.45, 2.75) is 46.1 Å². The van der Waals surface area contributed by atoms with E-state index < -0.39 is 0 Å². The zero-order valence-corrected chi connectivity index (χ0v) is 14.5. The van der Waals surface area contributed by atoms with E-state index in [9.17, 15) is 9.59 Å². The minimum Gasteiger partial charge on any atom is -0.486 e. The summed E-state index contributed by atoms with van der Waals surface area (Å²) in [7, 11) is 0. The number of carbonyl (C=O) groups is 2. The van der Waals surface area contributed by atoms with Gasteiger partial charge in [-0.2, -0.15) is 0 Å². The minimum atomic E-state index is -0.0530. The summed E-state index contributed by atoms with van der Waals surface area (Å²) in [6.45, 7) is 5.61. The maximum absolute atomic E-state index is 12.1. The number of carbonyl (C=O) groups excluding carboxylic acids is 2. The monoisotopic (exact) mass is 324 g/mol. The zero-order chi connectivity index (χ0) is 17.5. The molecule has 0 radical (unpaired) electrons. The number of Topliss-reactive ketones (excluding diaryl/α,β-unsaturated/α-hetero) is 2. The molecule has 0 aliphatic carbocycles. The van der Waals surface area contributed by atoms with Crippen LogP contribution in [0.4, 0.5) is 0 Å². The van der Waals surface area contributed by atoms with E-state index >= 15 is 0 Å². The first-order chi connectivity index (χ1) is 11.5. The molecule has 24 heavy (non-hydrogen) atoms. The first-order valence-corrected chi connectivity index (χ1v) is 8.31. The molecule has 3 heteroatoms. The molecular formula is C21H24O3. The number of ketones is 2. The van der Waals surface area contributed by atoms with Gasteiger partial charge < -0.3 is 9.53 Å². The Hall–Kier alpha value is -2.42. The quantitative estimate of drug-likeness (QED) is 0.636. The van der Waals surface area contributed by atoms with Crippen molar-refractivity contribution in [2.75, 3.05) is 0 Å². The van der Waals surface area contributed by atoms with Gasteiger partial charge in [-0.1, -0.05) is 29.8 Å². The zero-order valence-electron chi connectivity index (χ0n) is 14.5. The summed E-state index contributed by atoms with van der Waals surface area (Å²) in [6.07, 6.45) is 1.42. The second-order valence-corrected chi connectivity index (χ2v) is 6.17. The first kappa shape index (κ1) is 17.9. The number of hydrogen-bond donors (Lipinski definition) is 0. The lowest BCUT2D eigenvalue weighted by Crippen LogP contribution is -2.04. The summed E-state index contributed by atoms with van der Waals surface area (Å²) < 4.78 is 5.93. The highest BCUT2D eigenvalue weighted by molar-refractivity contribution is 5.96. The average Bonchev–Trinajstić information content (AvgIpc) is 2.55. The van der Waals surface area contributed by atoms with E-state index in [0.29, 0.717) is 24.8 Å². The Morgan fingerprint density at radius 2 is 1.58 bits per heavy atom. The Bertz CT molecular complexity index is 684. The topological polar surface area (TPSA) is 43.4 Å². The molecule has 0 amide bonds. The van der Waals surface area contributed by atoms with Gasteiger partial charge in [-0.05, 0) is 57.0 Å². The van der Waals surface area contributed by atoms with E-state index in [1.54, 1.807) is 19.1 Å². The molecule has 0 aliphatic heterocycles. The highest BCUT2D eigenvalue weighted by Crippen LogP contribution is 2.22. The van der Waals surface area contributed by atoms with E-state index in [2.05, 4.69) is 31.2 Å². The van der Waals surface area contributed by atoms with Crippen molar-refractivity contribution in [3.63, 3.8) is 0 Å². The second kappa shape index (κ2) is 8.44. The summed E-state index contributed by atoms with van der Waals surface area (Å²) in [5, 5.41) is 0. The smallest absolute Gasteiger partial charge is 0.162 e. The average molecular weight is 324 g/mol. The number of benzene rings is 2. The minimum absolute atomic E-state index is 0.0530. The normalized spacial score (nSPS) is 11.8. The Morgan fingerprint density at radius 3 is 2.17 bits per heavy atom. The van der Waals surface area contributed by atoms with Gasteiger partial charge in [0.25, 0.3) is 0 Å². The summed E-state index contributed by atoms with van der Waals surface area (Å²) in [6, 6.07) is 15.5. The Labute approximate surface area is 143 Å². The molecule has 0 saturated heterocycles. The molecule has 0 saturated carbocycles. The lowest BCUT2D eigenvalue weighted by molar-refractivity contribution is -0.117. The fourth-order valence-corrected chi connectivity index (χ4v) is 2.47. The van der Waals surface area contributed by atoms with Crippen molar-refractivity contribution in [1.82, 2.24) is 0 Å². The molecule has 2 aromatic rings. The number of ether oxygens (including phenoxy) is 1. The predicted octanol–water partition coefficient (Wildman–Crippen LogP) is 5.08. The first-order valence-electron chi connectivity index (χ1n) is 8.31. The number of hydrogen-bond acceptors (Lipinski definition) is 3. The maximum Gasteiger partial charge on any atom is 0.162 e. The van der Waals surface area contributed by atoms with E-state index in [-0.39, 0.29) is 17.7 Å². The number of aryl methyl sites for hydroxylation is 1. The summed E-state index contributed by atoms with van der Waals surface area (Å²) in [5.41, 5.74) is 3.00. The van der Waals surface area contributed by atoms with Gasteiger partial charge in [-0.25, -0.2) is 0 Å². The van der Waals surface area contributed by atoms with Crippen LogP contribution in [0.5, 0.6) is 5.75 Å². The van der Waals surface area contributed by atoms with Gasteiger partial charge in [0.1, 0.15) is 17.6 Å². The highest BCUT2D eigenvalue weighted by atomic mass is 16.5. The predicted molar refractivity (Wildman–Crippen MR) is 95.5 cm³/mol. The molecule has 0 fully saturated rings. The van der Waals surface area contributed by atoms with Crippen LogP contribution in [-0.4, -0.2) is 11.6 Å². The van der Waals surface area contributed by atoms with Crippen LogP contribution in [0.3, 0.4) is 0 Å². The largest absolute Gasteiger partial charge is 0.486 e. The standard InChI is InChI=1S/C21H24O3/c1-15-7-9-18(10-8-15)17(3)24-20-13-11-19(12-14-20)21(23)6-4-5-16(2)22/h7-14,17H,4-6H2,1-3H3. The van der Waals surface area contributed by atoms with E-state index in [1.165, 1.54) is 5.56 Å². The summed E-state index contributed by atoms with van der Waals surface area (Å²) >= 11 is 0. The molecule has 3 nitrogen and oxygen atoms in total. The Morgan fingerprint density at radius 1 is 0.958 bits per heavy atom. The van der Waals surface area contributed by atoms with Gasteiger partial charge in [0.2, 0.25) is 0 Å². The molecule has 126 valence electrons.